The lowest BCUT2D eigenvalue weighted by Gasteiger charge is -2.30. The molecule has 2 N–H and O–H groups in total. The van der Waals surface area contributed by atoms with Crippen molar-refractivity contribution in [1.82, 2.24) is 4.90 Å². The topological polar surface area (TPSA) is 63.4 Å². The molecule has 1 saturated heterocycles. The molecule has 0 saturated carbocycles. The van der Waals surface area contributed by atoms with Crippen LogP contribution in [0.4, 0.5) is 0 Å². The van der Waals surface area contributed by atoms with Crippen LogP contribution in [0.1, 0.15) is 19.8 Å². The second kappa shape index (κ2) is 5.09. The van der Waals surface area contributed by atoms with Gasteiger partial charge < -0.3 is 10.6 Å². The molecule has 1 aliphatic rings. The lowest BCUT2D eigenvalue weighted by Crippen LogP contribution is -2.44. The van der Waals surface area contributed by atoms with Gasteiger partial charge in [0.25, 0.3) is 0 Å². The number of piperidine rings is 1. The zero-order valence-electron chi connectivity index (χ0n) is 8.78. The third-order valence-corrected chi connectivity index (χ3v) is 4.38. The van der Waals surface area contributed by atoms with E-state index in [-0.39, 0.29) is 17.5 Å². The average molecular weight is 220 g/mol. The molecule has 1 aliphatic heterocycles. The van der Waals surface area contributed by atoms with Crippen LogP contribution in [0.15, 0.2) is 0 Å². The van der Waals surface area contributed by atoms with Gasteiger partial charge in [-0.2, -0.15) is 0 Å². The summed E-state index contributed by atoms with van der Waals surface area (Å²) in [5.41, 5.74) is 5.81. The predicted octanol–water partition coefficient (Wildman–Crippen LogP) is -0.156. The molecule has 0 amide bonds. The van der Waals surface area contributed by atoms with Crippen LogP contribution in [0.3, 0.4) is 0 Å². The van der Waals surface area contributed by atoms with Gasteiger partial charge in [0.05, 0.1) is 5.75 Å². The van der Waals surface area contributed by atoms with E-state index >= 15 is 0 Å². The van der Waals surface area contributed by atoms with Crippen LogP contribution in [0.25, 0.3) is 0 Å². The SMILES string of the molecule is CCS(=O)(=O)CCN1CCCC(N)C1. The number of hydrogen-bond donors (Lipinski definition) is 1. The summed E-state index contributed by atoms with van der Waals surface area (Å²) in [6.45, 7) is 4.17. The van der Waals surface area contributed by atoms with E-state index in [4.69, 9.17) is 5.73 Å². The summed E-state index contributed by atoms with van der Waals surface area (Å²) in [6, 6.07) is 0.230. The van der Waals surface area contributed by atoms with E-state index in [1.54, 1.807) is 6.92 Å². The summed E-state index contributed by atoms with van der Waals surface area (Å²) in [4.78, 5) is 2.15. The summed E-state index contributed by atoms with van der Waals surface area (Å²) < 4.78 is 22.5. The van der Waals surface area contributed by atoms with Crippen molar-refractivity contribution in [2.24, 2.45) is 5.73 Å². The maximum absolute atomic E-state index is 11.3. The summed E-state index contributed by atoms with van der Waals surface area (Å²) in [7, 11) is -2.82. The van der Waals surface area contributed by atoms with Gasteiger partial charge in [-0.15, -0.1) is 0 Å². The Morgan fingerprint density at radius 2 is 2.21 bits per heavy atom. The first kappa shape index (κ1) is 11.9. The molecular weight excluding hydrogens is 200 g/mol. The third kappa shape index (κ3) is 3.94. The van der Waals surface area contributed by atoms with Crippen LogP contribution in [0.5, 0.6) is 0 Å². The second-order valence-corrected chi connectivity index (χ2v) is 6.41. The second-order valence-electron chi connectivity index (χ2n) is 3.94. The molecule has 5 heteroatoms. The minimum absolute atomic E-state index is 0.230. The quantitative estimate of drug-likeness (QED) is 0.715. The molecule has 1 fully saturated rings. The van der Waals surface area contributed by atoms with Crippen molar-refractivity contribution >= 4 is 9.84 Å². The molecule has 1 atom stereocenters. The molecule has 0 aliphatic carbocycles. The van der Waals surface area contributed by atoms with Crippen molar-refractivity contribution in [3.05, 3.63) is 0 Å². The van der Waals surface area contributed by atoms with E-state index in [2.05, 4.69) is 4.90 Å². The lowest BCUT2D eigenvalue weighted by atomic mass is 10.1. The normalized spacial score (nSPS) is 25.1. The molecule has 4 nitrogen and oxygen atoms in total. The number of nitrogens with zero attached hydrogens (tertiary/aromatic N) is 1. The number of rotatable bonds is 4. The fourth-order valence-corrected chi connectivity index (χ4v) is 2.53. The Balaban J connectivity index is 2.31. The Morgan fingerprint density at radius 1 is 1.50 bits per heavy atom. The van der Waals surface area contributed by atoms with Gasteiger partial charge in [0.1, 0.15) is 0 Å². The van der Waals surface area contributed by atoms with Gasteiger partial charge >= 0.3 is 0 Å². The minimum Gasteiger partial charge on any atom is -0.327 e. The van der Waals surface area contributed by atoms with Crippen LogP contribution in [0, 0.1) is 0 Å². The minimum atomic E-state index is -2.82. The Labute approximate surface area is 86.4 Å². The van der Waals surface area contributed by atoms with Crippen molar-refractivity contribution in [3.63, 3.8) is 0 Å². The molecule has 1 heterocycles. The van der Waals surface area contributed by atoms with E-state index in [9.17, 15) is 8.42 Å². The standard InChI is InChI=1S/C9H20N2O2S/c1-2-14(12,13)7-6-11-5-3-4-9(10)8-11/h9H,2-8,10H2,1H3. The number of likely N-dealkylation sites (tertiary alicyclic amines) is 1. The van der Waals surface area contributed by atoms with Gasteiger partial charge in [-0.3, -0.25) is 0 Å². The van der Waals surface area contributed by atoms with Gasteiger partial charge in [-0.05, 0) is 19.4 Å². The summed E-state index contributed by atoms with van der Waals surface area (Å²) >= 11 is 0. The Bertz CT molecular complexity index is 264. The molecule has 14 heavy (non-hydrogen) atoms. The molecule has 0 radical (unpaired) electrons. The highest BCUT2D eigenvalue weighted by Gasteiger charge is 2.18. The van der Waals surface area contributed by atoms with Gasteiger partial charge in [-0.1, -0.05) is 6.92 Å². The zero-order chi connectivity index (χ0) is 10.6. The number of nitrogens with two attached hydrogens (primary N) is 1. The zero-order valence-corrected chi connectivity index (χ0v) is 9.59. The molecule has 1 unspecified atom stereocenters. The first-order valence-electron chi connectivity index (χ1n) is 5.22. The first-order chi connectivity index (χ1) is 6.53. The van der Waals surface area contributed by atoms with Crippen molar-refractivity contribution in [2.45, 2.75) is 25.8 Å². The van der Waals surface area contributed by atoms with Gasteiger partial charge in [0.15, 0.2) is 9.84 Å². The van der Waals surface area contributed by atoms with Crippen LogP contribution in [0.2, 0.25) is 0 Å². The lowest BCUT2D eigenvalue weighted by molar-refractivity contribution is 0.220. The molecule has 1 rings (SSSR count). The van der Waals surface area contributed by atoms with Crippen LogP contribution in [-0.4, -0.2) is 50.5 Å². The molecule has 0 aromatic carbocycles. The fraction of sp³-hybridized carbons (Fsp3) is 1.00. The summed E-state index contributed by atoms with van der Waals surface area (Å²) in [5.74, 6) is 0.517. The van der Waals surface area contributed by atoms with Crippen molar-refractivity contribution in [2.75, 3.05) is 31.1 Å². The van der Waals surface area contributed by atoms with E-state index in [1.165, 1.54) is 0 Å². The van der Waals surface area contributed by atoms with Gasteiger partial charge in [0, 0.05) is 24.9 Å². The highest BCUT2D eigenvalue weighted by molar-refractivity contribution is 7.91. The van der Waals surface area contributed by atoms with Crippen LogP contribution < -0.4 is 5.73 Å². The number of sulfone groups is 1. The molecule has 0 aromatic heterocycles. The monoisotopic (exact) mass is 220 g/mol. The molecule has 0 spiro atoms. The fourth-order valence-electron chi connectivity index (χ4n) is 1.71. The van der Waals surface area contributed by atoms with Crippen molar-refractivity contribution in [1.29, 1.82) is 0 Å². The van der Waals surface area contributed by atoms with Gasteiger partial charge in [0.2, 0.25) is 0 Å². The van der Waals surface area contributed by atoms with Crippen LogP contribution >= 0.6 is 0 Å². The maximum atomic E-state index is 11.3. The third-order valence-electron chi connectivity index (χ3n) is 2.70. The Kier molecular flexibility index (Phi) is 4.34. The molecule has 0 bridgehead atoms. The van der Waals surface area contributed by atoms with E-state index in [0.717, 1.165) is 25.9 Å². The van der Waals surface area contributed by atoms with Crippen molar-refractivity contribution in [3.8, 4) is 0 Å². The smallest absolute Gasteiger partial charge is 0.151 e. The van der Waals surface area contributed by atoms with E-state index in [0.29, 0.717) is 6.54 Å². The van der Waals surface area contributed by atoms with Gasteiger partial charge in [-0.25, -0.2) is 8.42 Å². The summed E-state index contributed by atoms with van der Waals surface area (Å²) in [6.07, 6.45) is 2.16. The Hall–Kier alpha value is -0.130. The highest BCUT2D eigenvalue weighted by Crippen LogP contribution is 2.07. The van der Waals surface area contributed by atoms with E-state index < -0.39 is 9.84 Å². The molecular formula is C9H20N2O2S. The maximum Gasteiger partial charge on any atom is 0.151 e. The summed E-state index contributed by atoms with van der Waals surface area (Å²) in [5, 5.41) is 0. The predicted molar refractivity (Wildman–Crippen MR) is 58.0 cm³/mol. The number of hydrogen-bond acceptors (Lipinski definition) is 4. The average Bonchev–Trinajstić information content (AvgIpc) is 2.15. The van der Waals surface area contributed by atoms with Crippen molar-refractivity contribution < 1.29 is 8.42 Å². The first-order valence-corrected chi connectivity index (χ1v) is 7.04. The largest absolute Gasteiger partial charge is 0.327 e. The Morgan fingerprint density at radius 3 is 2.79 bits per heavy atom. The van der Waals surface area contributed by atoms with Crippen LogP contribution in [-0.2, 0) is 9.84 Å². The molecule has 84 valence electrons. The van der Waals surface area contributed by atoms with E-state index in [1.807, 2.05) is 0 Å². The highest BCUT2D eigenvalue weighted by atomic mass is 32.2. The molecule has 0 aromatic rings.